The summed E-state index contributed by atoms with van der Waals surface area (Å²) in [5, 5.41) is 5.22. The SMILES string of the molecule is CNS(=O)(=O)c1ccc(Cl)c(C(=O)NC(C)c2cccc3ccccc23)c1. The molecule has 1 amide bonds. The number of amides is 1. The number of carbonyl (C=O) groups is 1. The Hall–Kier alpha value is -2.41. The van der Waals surface area contributed by atoms with Gasteiger partial charge in [-0.1, -0.05) is 54.1 Å². The second kappa shape index (κ2) is 7.68. The maximum Gasteiger partial charge on any atom is 0.253 e. The monoisotopic (exact) mass is 402 g/mol. The molecule has 0 radical (unpaired) electrons. The van der Waals surface area contributed by atoms with Crippen LogP contribution in [0.15, 0.2) is 65.6 Å². The molecule has 7 heteroatoms. The second-order valence-electron chi connectivity index (χ2n) is 6.11. The maximum atomic E-state index is 12.7. The van der Waals surface area contributed by atoms with E-state index in [9.17, 15) is 13.2 Å². The molecule has 0 saturated carbocycles. The average Bonchev–Trinajstić information content (AvgIpc) is 2.67. The zero-order chi connectivity index (χ0) is 19.6. The molecular weight excluding hydrogens is 384 g/mol. The lowest BCUT2D eigenvalue weighted by Crippen LogP contribution is -2.27. The summed E-state index contributed by atoms with van der Waals surface area (Å²) in [7, 11) is -2.36. The number of halogens is 1. The maximum absolute atomic E-state index is 12.7. The second-order valence-corrected chi connectivity index (χ2v) is 8.41. The minimum absolute atomic E-state index is 0.0163. The van der Waals surface area contributed by atoms with E-state index < -0.39 is 15.9 Å². The van der Waals surface area contributed by atoms with Gasteiger partial charge in [-0.15, -0.1) is 0 Å². The van der Waals surface area contributed by atoms with Crippen molar-refractivity contribution in [3.8, 4) is 0 Å². The molecule has 5 nitrogen and oxygen atoms in total. The van der Waals surface area contributed by atoms with Crippen LogP contribution in [0.2, 0.25) is 5.02 Å². The van der Waals surface area contributed by atoms with Gasteiger partial charge in [-0.2, -0.15) is 0 Å². The Bertz CT molecular complexity index is 1110. The Morgan fingerprint density at radius 3 is 2.48 bits per heavy atom. The van der Waals surface area contributed by atoms with Gasteiger partial charge in [0.2, 0.25) is 10.0 Å². The zero-order valence-corrected chi connectivity index (χ0v) is 16.4. The van der Waals surface area contributed by atoms with E-state index >= 15 is 0 Å². The fourth-order valence-corrected chi connectivity index (χ4v) is 3.90. The van der Waals surface area contributed by atoms with E-state index in [0.717, 1.165) is 16.3 Å². The van der Waals surface area contributed by atoms with Gasteiger partial charge in [0, 0.05) is 0 Å². The number of sulfonamides is 1. The Morgan fingerprint density at radius 2 is 1.74 bits per heavy atom. The first kappa shape index (κ1) is 19.4. The third-order valence-electron chi connectivity index (χ3n) is 4.40. The highest BCUT2D eigenvalue weighted by molar-refractivity contribution is 7.89. The number of hydrogen-bond acceptors (Lipinski definition) is 3. The predicted octanol–water partition coefficient (Wildman–Crippen LogP) is 3.89. The highest BCUT2D eigenvalue weighted by atomic mass is 35.5. The van der Waals surface area contributed by atoms with Gasteiger partial charge in [0.15, 0.2) is 0 Å². The van der Waals surface area contributed by atoms with Crippen molar-refractivity contribution in [2.24, 2.45) is 0 Å². The molecule has 27 heavy (non-hydrogen) atoms. The van der Waals surface area contributed by atoms with Gasteiger partial charge in [-0.25, -0.2) is 13.1 Å². The first-order valence-electron chi connectivity index (χ1n) is 8.35. The minimum Gasteiger partial charge on any atom is -0.345 e. The van der Waals surface area contributed by atoms with Crippen LogP contribution in [0.4, 0.5) is 0 Å². The van der Waals surface area contributed by atoms with Gasteiger partial charge in [-0.3, -0.25) is 4.79 Å². The summed E-state index contributed by atoms with van der Waals surface area (Å²) < 4.78 is 26.2. The van der Waals surface area contributed by atoms with Gasteiger partial charge >= 0.3 is 0 Å². The number of rotatable bonds is 5. The summed E-state index contributed by atoms with van der Waals surface area (Å²) in [6.45, 7) is 1.88. The van der Waals surface area contributed by atoms with Crippen LogP contribution in [0, 0.1) is 0 Å². The molecule has 0 aromatic heterocycles. The standard InChI is InChI=1S/C20H19ClN2O3S/c1-13(16-9-5-7-14-6-3-4-8-17(14)16)23-20(24)18-12-15(10-11-19(18)21)27(25,26)22-2/h3-13,22H,1-2H3,(H,23,24). The van der Waals surface area contributed by atoms with Crippen LogP contribution in [0.5, 0.6) is 0 Å². The number of benzene rings is 3. The van der Waals surface area contributed by atoms with Gasteiger partial charge in [0.25, 0.3) is 5.91 Å². The molecule has 0 heterocycles. The van der Waals surface area contributed by atoms with E-state index in [1.54, 1.807) is 0 Å². The molecule has 0 aliphatic carbocycles. The quantitative estimate of drug-likeness (QED) is 0.679. The smallest absolute Gasteiger partial charge is 0.253 e. The van der Waals surface area contributed by atoms with Gasteiger partial charge in [0.05, 0.1) is 21.5 Å². The molecule has 0 spiro atoms. The number of nitrogens with one attached hydrogen (secondary N) is 2. The molecule has 1 unspecified atom stereocenters. The Morgan fingerprint density at radius 1 is 1.04 bits per heavy atom. The fourth-order valence-electron chi connectivity index (χ4n) is 2.94. The number of fused-ring (bicyclic) bond motifs is 1. The summed E-state index contributed by atoms with van der Waals surface area (Å²) in [6, 6.07) is 17.6. The van der Waals surface area contributed by atoms with E-state index in [2.05, 4.69) is 10.0 Å². The van der Waals surface area contributed by atoms with Crippen LogP contribution in [0.1, 0.15) is 28.9 Å². The molecule has 0 fully saturated rings. The summed E-state index contributed by atoms with van der Waals surface area (Å²) in [5.41, 5.74) is 1.08. The third kappa shape index (κ3) is 3.98. The molecular formula is C20H19ClN2O3S. The van der Waals surface area contributed by atoms with Crippen LogP contribution in [0.3, 0.4) is 0 Å². The lowest BCUT2D eigenvalue weighted by molar-refractivity contribution is 0.0940. The number of carbonyl (C=O) groups excluding carboxylic acids is 1. The molecule has 1 atom stereocenters. The first-order chi connectivity index (χ1) is 12.8. The Kier molecular flexibility index (Phi) is 5.51. The molecule has 0 aliphatic heterocycles. The lowest BCUT2D eigenvalue weighted by atomic mass is 9.99. The Labute approximate surface area is 163 Å². The van der Waals surface area contributed by atoms with Crippen molar-refractivity contribution in [1.82, 2.24) is 10.0 Å². The largest absolute Gasteiger partial charge is 0.345 e. The molecule has 3 aromatic rings. The summed E-state index contributed by atoms with van der Waals surface area (Å²) in [4.78, 5) is 12.7. The van der Waals surface area contributed by atoms with Crippen LogP contribution in [0.25, 0.3) is 10.8 Å². The summed E-state index contributed by atoms with van der Waals surface area (Å²) in [6.07, 6.45) is 0. The third-order valence-corrected chi connectivity index (χ3v) is 6.14. The molecule has 3 rings (SSSR count). The van der Waals surface area contributed by atoms with Crippen LogP contribution < -0.4 is 10.0 Å². The number of hydrogen-bond donors (Lipinski definition) is 2. The minimum atomic E-state index is -3.67. The topological polar surface area (TPSA) is 75.3 Å². The van der Waals surface area contributed by atoms with Crippen LogP contribution >= 0.6 is 11.6 Å². The average molecular weight is 403 g/mol. The van der Waals surface area contributed by atoms with Crippen LogP contribution in [-0.2, 0) is 10.0 Å². The van der Waals surface area contributed by atoms with E-state index in [1.807, 2.05) is 49.4 Å². The first-order valence-corrected chi connectivity index (χ1v) is 10.2. The van der Waals surface area contributed by atoms with Gasteiger partial charge < -0.3 is 5.32 Å². The van der Waals surface area contributed by atoms with Crippen LogP contribution in [-0.4, -0.2) is 21.4 Å². The summed E-state index contributed by atoms with van der Waals surface area (Å²) >= 11 is 6.13. The van der Waals surface area contributed by atoms with Crippen molar-refractivity contribution in [3.63, 3.8) is 0 Å². The van der Waals surface area contributed by atoms with Gasteiger partial charge in [-0.05, 0) is 48.5 Å². The normalized spacial score (nSPS) is 12.7. The summed E-state index contributed by atoms with van der Waals surface area (Å²) in [5.74, 6) is -0.436. The van der Waals surface area contributed by atoms with E-state index in [-0.39, 0.29) is 21.5 Å². The molecule has 3 aromatic carbocycles. The highest BCUT2D eigenvalue weighted by Crippen LogP contribution is 2.26. The lowest BCUT2D eigenvalue weighted by Gasteiger charge is -2.17. The van der Waals surface area contributed by atoms with Crippen molar-refractivity contribution in [2.45, 2.75) is 17.9 Å². The van der Waals surface area contributed by atoms with Crippen molar-refractivity contribution in [3.05, 3.63) is 76.8 Å². The molecule has 2 N–H and O–H groups in total. The van der Waals surface area contributed by atoms with E-state index in [4.69, 9.17) is 11.6 Å². The van der Waals surface area contributed by atoms with E-state index in [1.165, 1.54) is 25.2 Å². The Balaban J connectivity index is 1.92. The fraction of sp³-hybridized carbons (Fsp3) is 0.150. The molecule has 0 saturated heterocycles. The molecule has 0 bridgehead atoms. The molecule has 0 aliphatic rings. The predicted molar refractivity (Wildman–Crippen MR) is 108 cm³/mol. The van der Waals surface area contributed by atoms with E-state index in [0.29, 0.717) is 0 Å². The molecule has 140 valence electrons. The highest BCUT2D eigenvalue weighted by Gasteiger charge is 2.19. The van der Waals surface area contributed by atoms with Crippen molar-refractivity contribution in [2.75, 3.05) is 7.05 Å². The van der Waals surface area contributed by atoms with Crippen molar-refractivity contribution >= 4 is 38.3 Å². The zero-order valence-electron chi connectivity index (χ0n) is 14.9. The van der Waals surface area contributed by atoms with Gasteiger partial charge in [0.1, 0.15) is 0 Å². The van der Waals surface area contributed by atoms with Crippen molar-refractivity contribution < 1.29 is 13.2 Å². The van der Waals surface area contributed by atoms with Crippen molar-refractivity contribution in [1.29, 1.82) is 0 Å².